The van der Waals surface area contributed by atoms with Gasteiger partial charge in [0.1, 0.15) is 11.0 Å². The second-order valence-electron chi connectivity index (χ2n) is 2.63. The van der Waals surface area contributed by atoms with Gasteiger partial charge in [0.2, 0.25) is 0 Å². The molecule has 15 heavy (non-hydrogen) atoms. The Morgan fingerprint density at radius 1 is 1.27 bits per heavy atom. The van der Waals surface area contributed by atoms with Gasteiger partial charge in [-0.1, -0.05) is 51.6 Å². The molecule has 2 rings (SSSR count). The highest BCUT2D eigenvalue weighted by Gasteiger charge is 2.23. The summed E-state index contributed by atoms with van der Waals surface area (Å²) in [5.41, 5.74) is 1.40. The number of benzene rings is 1. The summed E-state index contributed by atoms with van der Waals surface area (Å²) < 4.78 is -0.0288. The van der Waals surface area contributed by atoms with Crippen LogP contribution in [0.4, 0.5) is 0 Å². The van der Waals surface area contributed by atoms with Crippen molar-refractivity contribution >= 4 is 69.4 Å². The average molecular weight is 303 g/mol. The minimum absolute atomic E-state index is 0.591. The maximum Gasteiger partial charge on any atom is 0.258 e. The van der Waals surface area contributed by atoms with Crippen molar-refractivity contribution in [3.63, 3.8) is 0 Å². The molecule has 0 aliphatic rings. The Morgan fingerprint density at radius 3 is 2.67 bits per heavy atom. The van der Waals surface area contributed by atoms with E-state index >= 15 is 0 Å². The van der Waals surface area contributed by atoms with Crippen molar-refractivity contribution in [3.8, 4) is 0 Å². The molecule has 0 atom stereocenters. The molecule has 1 heterocycles. The van der Waals surface area contributed by atoms with Crippen LogP contribution in [0.5, 0.6) is 0 Å². The molecule has 80 valence electrons. The van der Waals surface area contributed by atoms with Crippen molar-refractivity contribution in [1.82, 2.24) is 14.4 Å². The second-order valence-corrected chi connectivity index (χ2v) is 7.16. The molecular formula is C7H3Cl4N3S. The van der Waals surface area contributed by atoms with Crippen LogP contribution in [0.2, 0.25) is 5.02 Å². The molecule has 1 aromatic carbocycles. The third-order valence-corrected chi connectivity index (χ3v) is 3.07. The van der Waals surface area contributed by atoms with Crippen LogP contribution in [0.15, 0.2) is 18.2 Å². The van der Waals surface area contributed by atoms with Crippen molar-refractivity contribution in [3.05, 3.63) is 23.2 Å². The van der Waals surface area contributed by atoms with Gasteiger partial charge < -0.3 is 0 Å². The lowest BCUT2D eigenvalue weighted by Crippen LogP contribution is -2.01. The van der Waals surface area contributed by atoms with E-state index in [9.17, 15) is 0 Å². The predicted octanol–water partition coefficient (Wildman–Crippen LogP) is 3.91. The van der Waals surface area contributed by atoms with E-state index in [4.69, 9.17) is 46.4 Å². The van der Waals surface area contributed by atoms with E-state index in [-0.39, 0.29) is 0 Å². The van der Waals surface area contributed by atoms with Crippen LogP contribution >= 0.6 is 58.4 Å². The lowest BCUT2D eigenvalue weighted by molar-refractivity contribution is 0.910. The van der Waals surface area contributed by atoms with Crippen LogP contribution in [0.1, 0.15) is 0 Å². The van der Waals surface area contributed by atoms with Crippen LogP contribution in [0.3, 0.4) is 0 Å². The van der Waals surface area contributed by atoms with Crippen molar-refractivity contribution in [1.29, 1.82) is 0 Å². The van der Waals surface area contributed by atoms with Crippen molar-refractivity contribution < 1.29 is 0 Å². The van der Waals surface area contributed by atoms with Gasteiger partial charge in [-0.25, -0.2) is 0 Å². The summed E-state index contributed by atoms with van der Waals surface area (Å²) in [7, 11) is 0. The molecule has 0 amide bonds. The van der Waals surface area contributed by atoms with Gasteiger partial charge in [-0.05, 0) is 18.2 Å². The van der Waals surface area contributed by atoms with Crippen LogP contribution < -0.4 is 0 Å². The number of halogens is 4. The third kappa shape index (κ3) is 2.82. The lowest BCUT2D eigenvalue weighted by atomic mass is 10.3. The van der Waals surface area contributed by atoms with E-state index < -0.39 is 3.12 Å². The maximum absolute atomic E-state index is 5.80. The van der Waals surface area contributed by atoms with E-state index in [2.05, 4.69) is 10.3 Å². The fourth-order valence-electron chi connectivity index (χ4n) is 1.04. The molecule has 0 saturated carbocycles. The third-order valence-electron chi connectivity index (χ3n) is 1.57. The van der Waals surface area contributed by atoms with Crippen LogP contribution in [0.25, 0.3) is 11.0 Å². The largest absolute Gasteiger partial charge is 0.258 e. The fraction of sp³-hybridized carbons (Fsp3) is 0.143. The SMILES string of the molecule is Clc1ccc2c(c1)nnn2SC(Cl)(Cl)Cl. The van der Waals surface area contributed by atoms with E-state index in [0.717, 1.165) is 17.5 Å². The van der Waals surface area contributed by atoms with Gasteiger partial charge in [0.15, 0.2) is 0 Å². The molecular weight excluding hydrogens is 300 g/mol. The van der Waals surface area contributed by atoms with Gasteiger partial charge in [0.25, 0.3) is 3.12 Å². The first kappa shape index (κ1) is 11.6. The standard InChI is InChI=1S/C7H3Cl4N3S/c8-4-1-2-6-5(3-4)12-13-14(6)15-7(9,10)11/h1-3H. The van der Waals surface area contributed by atoms with E-state index in [0.29, 0.717) is 10.5 Å². The fourth-order valence-corrected chi connectivity index (χ4v) is 2.32. The normalized spacial score (nSPS) is 12.3. The second kappa shape index (κ2) is 4.18. The number of hydrogen-bond donors (Lipinski definition) is 0. The molecule has 8 heteroatoms. The van der Waals surface area contributed by atoms with Crippen molar-refractivity contribution in [2.75, 3.05) is 0 Å². The summed E-state index contributed by atoms with van der Waals surface area (Å²) >= 11 is 23.6. The number of nitrogens with zero attached hydrogens (tertiary/aromatic N) is 3. The summed E-state index contributed by atoms with van der Waals surface area (Å²) in [6.45, 7) is 0. The van der Waals surface area contributed by atoms with E-state index in [1.165, 1.54) is 4.09 Å². The highest BCUT2D eigenvalue weighted by Crippen LogP contribution is 2.40. The van der Waals surface area contributed by atoms with Gasteiger partial charge in [-0.3, -0.25) is 0 Å². The number of aromatic nitrogens is 3. The van der Waals surface area contributed by atoms with Crippen molar-refractivity contribution in [2.24, 2.45) is 0 Å². The van der Waals surface area contributed by atoms with Gasteiger partial charge >= 0.3 is 0 Å². The van der Waals surface area contributed by atoms with Gasteiger partial charge in [-0.2, -0.15) is 4.09 Å². The molecule has 0 radical (unpaired) electrons. The zero-order valence-electron chi connectivity index (χ0n) is 6.99. The Hall–Kier alpha value is 0.130. The lowest BCUT2D eigenvalue weighted by Gasteiger charge is -2.08. The summed E-state index contributed by atoms with van der Waals surface area (Å²) in [5, 5.41) is 8.33. The van der Waals surface area contributed by atoms with Crippen LogP contribution in [0, 0.1) is 0 Å². The Balaban J connectivity index is 2.45. The highest BCUT2D eigenvalue weighted by atomic mass is 35.6. The first-order valence-corrected chi connectivity index (χ1v) is 6.01. The summed E-state index contributed by atoms with van der Waals surface area (Å²) in [6, 6.07) is 5.18. The van der Waals surface area contributed by atoms with Crippen LogP contribution in [-0.4, -0.2) is 17.5 Å². The molecule has 0 aliphatic carbocycles. The smallest absolute Gasteiger partial charge is 0.182 e. The zero-order chi connectivity index (χ0) is 11.1. The Morgan fingerprint density at radius 2 is 2.00 bits per heavy atom. The Labute approximate surface area is 110 Å². The zero-order valence-corrected chi connectivity index (χ0v) is 10.8. The Bertz CT molecular complexity index is 492. The number of alkyl halides is 3. The molecule has 0 N–H and O–H groups in total. The topological polar surface area (TPSA) is 30.7 Å². The molecule has 0 spiro atoms. The molecule has 1 aromatic heterocycles. The predicted molar refractivity (Wildman–Crippen MR) is 65.8 cm³/mol. The van der Waals surface area contributed by atoms with Gasteiger partial charge in [0, 0.05) is 17.0 Å². The molecule has 0 saturated heterocycles. The number of rotatable bonds is 1. The quantitative estimate of drug-likeness (QED) is 0.748. The number of fused-ring (bicyclic) bond motifs is 1. The summed E-state index contributed by atoms with van der Waals surface area (Å²) in [5.74, 6) is 0. The maximum atomic E-state index is 5.80. The minimum Gasteiger partial charge on any atom is -0.182 e. The minimum atomic E-state index is -1.47. The monoisotopic (exact) mass is 301 g/mol. The number of hydrogen-bond acceptors (Lipinski definition) is 3. The molecule has 0 bridgehead atoms. The van der Waals surface area contributed by atoms with Crippen LogP contribution in [-0.2, 0) is 0 Å². The molecule has 2 aromatic rings. The van der Waals surface area contributed by atoms with Gasteiger partial charge in [0.05, 0.1) is 0 Å². The van der Waals surface area contributed by atoms with Gasteiger partial charge in [-0.15, -0.1) is 5.10 Å². The first-order valence-electron chi connectivity index (χ1n) is 3.73. The summed E-state index contributed by atoms with van der Waals surface area (Å²) in [6.07, 6.45) is 0. The van der Waals surface area contributed by atoms with E-state index in [1.807, 2.05) is 0 Å². The Kier molecular flexibility index (Phi) is 3.24. The van der Waals surface area contributed by atoms with E-state index in [1.54, 1.807) is 18.2 Å². The molecule has 0 unspecified atom stereocenters. The average Bonchev–Trinajstić information content (AvgIpc) is 2.45. The summed E-state index contributed by atoms with van der Waals surface area (Å²) in [4.78, 5) is 0. The molecule has 3 nitrogen and oxygen atoms in total. The van der Waals surface area contributed by atoms with Crippen molar-refractivity contribution in [2.45, 2.75) is 3.12 Å². The molecule has 0 fully saturated rings. The highest BCUT2D eigenvalue weighted by molar-refractivity contribution is 8.03. The molecule has 0 aliphatic heterocycles. The first-order chi connectivity index (χ1) is 6.96.